The minimum absolute atomic E-state index is 0.0850. The Balaban J connectivity index is 1.65. The van der Waals surface area contributed by atoms with Crippen LogP contribution in [-0.2, 0) is 15.3 Å². The number of hydrogen-bond acceptors (Lipinski definition) is 2. The lowest BCUT2D eigenvalue weighted by Gasteiger charge is -2.33. The molecule has 0 aromatic heterocycles. The van der Waals surface area contributed by atoms with Crippen molar-refractivity contribution in [1.29, 1.82) is 0 Å². The minimum atomic E-state index is -2.18. The van der Waals surface area contributed by atoms with E-state index in [2.05, 4.69) is 75.5 Å². The molecule has 2 aliphatic rings. The van der Waals surface area contributed by atoms with E-state index in [0.717, 1.165) is 12.8 Å². The van der Waals surface area contributed by atoms with Crippen LogP contribution < -0.4 is 0 Å². The fourth-order valence-corrected chi connectivity index (χ4v) is 6.22. The van der Waals surface area contributed by atoms with Crippen LogP contribution in [0.1, 0.15) is 43.9 Å². The van der Waals surface area contributed by atoms with E-state index >= 15 is 0 Å². The Morgan fingerprint density at radius 1 is 1.12 bits per heavy atom. The van der Waals surface area contributed by atoms with Gasteiger partial charge in [0.05, 0.1) is 12.2 Å². The average molecular weight is 343 g/mol. The molecule has 0 heterocycles. The molecule has 0 saturated heterocycles. The Kier molecular flexibility index (Phi) is 5.43. The van der Waals surface area contributed by atoms with Crippen molar-refractivity contribution in [2.75, 3.05) is 0 Å². The highest BCUT2D eigenvalue weighted by Gasteiger charge is 2.40. The van der Waals surface area contributed by atoms with Crippen molar-refractivity contribution in [1.82, 2.24) is 0 Å². The standard InChI is InChI=1S/C21H30O2Si/c1-5-17-10-6-8-12-19(17)16(2)22-24(3,4)23-21-15-14-18-11-7-9-13-20(18)21/h6-13,16,18,20-21H,5,14-15H2,1-4H3. The molecule has 1 saturated carbocycles. The molecular formula is C21H30O2Si. The highest BCUT2D eigenvalue weighted by molar-refractivity contribution is 6.64. The Labute approximate surface area is 147 Å². The predicted octanol–water partition coefficient (Wildman–Crippen LogP) is 5.57. The van der Waals surface area contributed by atoms with Crippen LogP contribution in [0.3, 0.4) is 0 Å². The molecule has 0 aliphatic heterocycles. The third kappa shape index (κ3) is 3.90. The second kappa shape index (κ2) is 7.38. The highest BCUT2D eigenvalue weighted by atomic mass is 28.4. The maximum Gasteiger partial charge on any atom is 0.332 e. The smallest absolute Gasteiger partial charge is 0.332 e. The minimum Gasteiger partial charge on any atom is -0.391 e. The van der Waals surface area contributed by atoms with E-state index in [-0.39, 0.29) is 6.10 Å². The molecular weight excluding hydrogens is 312 g/mol. The van der Waals surface area contributed by atoms with Gasteiger partial charge in [0, 0.05) is 5.92 Å². The second-order valence-electron chi connectivity index (χ2n) is 7.46. The van der Waals surface area contributed by atoms with Crippen LogP contribution in [0.4, 0.5) is 0 Å². The quantitative estimate of drug-likeness (QED) is 0.630. The first-order chi connectivity index (χ1) is 11.5. The second-order valence-corrected chi connectivity index (χ2v) is 10.7. The lowest BCUT2D eigenvalue weighted by Crippen LogP contribution is -2.41. The van der Waals surface area contributed by atoms with Crippen molar-refractivity contribution in [2.24, 2.45) is 11.8 Å². The molecule has 0 N–H and O–H groups in total. The van der Waals surface area contributed by atoms with Gasteiger partial charge in [-0.2, -0.15) is 0 Å². The van der Waals surface area contributed by atoms with Crippen molar-refractivity contribution < 1.29 is 8.85 Å². The van der Waals surface area contributed by atoms with E-state index < -0.39 is 8.56 Å². The first kappa shape index (κ1) is 17.7. The maximum absolute atomic E-state index is 6.57. The monoisotopic (exact) mass is 342 g/mol. The molecule has 3 heteroatoms. The summed E-state index contributed by atoms with van der Waals surface area (Å²) in [7, 11) is -2.18. The van der Waals surface area contributed by atoms with Gasteiger partial charge in [-0.25, -0.2) is 0 Å². The highest BCUT2D eigenvalue weighted by Crippen LogP contribution is 2.39. The zero-order valence-corrected chi connectivity index (χ0v) is 16.4. The number of hydrogen-bond donors (Lipinski definition) is 0. The molecule has 1 aromatic carbocycles. The van der Waals surface area contributed by atoms with E-state index in [1.807, 2.05) is 0 Å². The van der Waals surface area contributed by atoms with E-state index in [1.54, 1.807) is 0 Å². The molecule has 2 nitrogen and oxygen atoms in total. The molecule has 0 amide bonds. The summed E-state index contributed by atoms with van der Waals surface area (Å²) in [6.45, 7) is 8.74. The summed E-state index contributed by atoms with van der Waals surface area (Å²) in [5, 5.41) is 0. The molecule has 0 spiro atoms. The average Bonchev–Trinajstić information content (AvgIpc) is 2.97. The molecule has 1 fully saturated rings. The Bertz CT molecular complexity index is 620. The van der Waals surface area contributed by atoms with Gasteiger partial charge in [0.1, 0.15) is 0 Å². The summed E-state index contributed by atoms with van der Waals surface area (Å²) in [5.41, 5.74) is 2.67. The van der Waals surface area contributed by atoms with Gasteiger partial charge in [-0.05, 0) is 56.3 Å². The summed E-state index contributed by atoms with van der Waals surface area (Å²) in [6.07, 6.45) is 12.8. The van der Waals surface area contributed by atoms with Crippen LogP contribution in [-0.4, -0.2) is 14.7 Å². The molecule has 1 aromatic rings. The van der Waals surface area contributed by atoms with Gasteiger partial charge >= 0.3 is 8.56 Å². The van der Waals surface area contributed by atoms with Crippen LogP contribution in [0.15, 0.2) is 48.6 Å². The fraction of sp³-hybridized carbons (Fsp3) is 0.524. The topological polar surface area (TPSA) is 18.5 Å². The lowest BCUT2D eigenvalue weighted by atomic mass is 9.91. The van der Waals surface area contributed by atoms with Crippen molar-refractivity contribution in [2.45, 2.75) is 58.4 Å². The third-order valence-corrected chi connectivity index (χ3v) is 7.07. The first-order valence-corrected chi connectivity index (χ1v) is 12.1. The number of fused-ring (bicyclic) bond motifs is 1. The number of aryl methyl sites for hydroxylation is 1. The molecule has 0 bridgehead atoms. The molecule has 3 rings (SSSR count). The normalized spacial score (nSPS) is 27.2. The molecule has 4 atom stereocenters. The van der Waals surface area contributed by atoms with Crippen LogP contribution >= 0.6 is 0 Å². The van der Waals surface area contributed by atoms with E-state index in [9.17, 15) is 0 Å². The fourth-order valence-electron chi connectivity index (χ4n) is 4.18. The van der Waals surface area contributed by atoms with Gasteiger partial charge < -0.3 is 8.85 Å². The van der Waals surface area contributed by atoms with Gasteiger partial charge in [0.2, 0.25) is 0 Å². The third-order valence-electron chi connectivity index (χ3n) is 5.28. The van der Waals surface area contributed by atoms with E-state index in [4.69, 9.17) is 8.85 Å². The first-order valence-electron chi connectivity index (χ1n) is 9.28. The largest absolute Gasteiger partial charge is 0.391 e. The molecule has 4 unspecified atom stereocenters. The number of allylic oxidation sites excluding steroid dienone is 3. The van der Waals surface area contributed by atoms with Crippen LogP contribution in [0.25, 0.3) is 0 Å². The zero-order chi connectivity index (χ0) is 17.2. The summed E-state index contributed by atoms with van der Waals surface area (Å²) in [4.78, 5) is 0. The van der Waals surface area contributed by atoms with E-state index in [1.165, 1.54) is 17.5 Å². The molecule has 0 radical (unpaired) electrons. The van der Waals surface area contributed by atoms with Crippen molar-refractivity contribution in [3.8, 4) is 0 Å². The number of benzene rings is 1. The number of rotatable bonds is 6. The predicted molar refractivity (Wildman–Crippen MR) is 102 cm³/mol. The lowest BCUT2D eigenvalue weighted by molar-refractivity contribution is 0.0786. The summed E-state index contributed by atoms with van der Waals surface area (Å²) in [5.74, 6) is 1.19. The molecule has 130 valence electrons. The van der Waals surface area contributed by atoms with Crippen molar-refractivity contribution in [3.05, 3.63) is 59.7 Å². The summed E-state index contributed by atoms with van der Waals surface area (Å²) >= 11 is 0. The summed E-state index contributed by atoms with van der Waals surface area (Å²) < 4.78 is 13.0. The molecule has 2 aliphatic carbocycles. The van der Waals surface area contributed by atoms with Gasteiger partial charge in [-0.3, -0.25) is 0 Å². The zero-order valence-electron chi connectivity index (χ0n) is 15.4. The Morgan fingerprint density at radius 2 is 1.88 bits per heavy atom. The van der Waals surface area contributed by atoms with Crippen LogP contribution in [0.2, 0.25) is 13.1 Å². The van der Waals surface area contributed by atoms with Crippen molar-refractivity contribution >= 4 is 8.56 Å². The van der Waals surface area contributed by atoms with Crippen LogP contribution in [0, 0.1) is 11.8 Å². The van der Waals surface area contributed by atoms with Crippen LogP contribution in [0.5, 0.6) is 0 Å². The SMILES string of the molecule is CCc1ccccc1C(C)O[Si](C)(C)OC1CCC2C=CC=CC21. The van der Waals surface area contributed by atoms with Gasteiger partial charge in [0.25, 0.3) is 0 Å². The Hall–Kier alpha value is -1.16. The summed E-state index contributed by atoms with van der Waals surface area (Å²) in [6, 6.07) is 8.60. The molecule has 24 heavy (non-hydrogen) atoms. The van der Waals surface area contributed by atoms with Gasteiger partial charge in [0.15, 0.2) is 0 Å². The van der Waals surface area contributed by atoms with Gasteiger partial charge in [-0.15, -0.1) is 0 Å². The maximum atomic E-state index is 6.57. The van der Waals surface area contributed by atoms with Gasteiger partial charge in [-0.1, -0.05) is 55.5 Å². The Morgan fingerprint density at radius 3 is 2.67 bits per heavy atom. The van der Waals surface area contributed by atoms with Crippen molar-refractivity contribution in [3.63, 3.8) is 0 Å². The van der Waals surface area contributed by atoms with E-state index in [0.29, 0.717) is 17.9 Å².